The van der Waals surface area contributed by atoms with E-state index < -0.39 is 9.84 Å². The van der Waals surface area contributed by atoms with E-state index >= 15 is 0 Å². The summed E-state index contributed by atoms with van der Waals surface area (Å²) < 4.78 is 29.1. The smallest absolute Gasteiger partial charge is 0.182 e. The van der Waals surface area contributed by atoms with Crippen LogP contribution >= 0.6 is 0 Å². The van der Waals surface area contributed by atoms with Gasteiger partial charge in [0.2, 0.25) is 0 Å². The van der Waals surface area contributed by atoms with E-state index in [1.165, 1.54) is 7.11 Å². The molecule has 0 fully saturated rings. The van der Waals surface area contributed by atoms with Crippen LogP contribution in [-0.4, -0.2) is 27.8 Å². The zero-order valence-electron chi connectivity index (χ0n) is 9.51. The number of para-hydroxylation sites is 1. The SMILES string of the molecule is COc1ccccc1S(=O)(=O)CC(C)CN. The summed E-state index contributed by atoms with van der Waals surface area (Å²) >= 11 is 0. The van der Waals surface area contributed by atoms with Crippen LogP contribution in [0.1, 0.15) is 6.92 Å². The number of ether oxygens (including phenoxy) is 1. The van der Waals surface area contributed by atoms with Gasteiger partial charge in [0.05, 0.1) is 12.9 Å². The van der Waals surface area contributed by atoms with Crippen LogP contribution < -0.4 is 10.5 Å². The molecule has 0 amide bonds. The molecule has 1 atom stereocenters. The van der Waals surface area contributed by atoms with Crippen LogP contribution in [0.2, 0.25) is 0 Å². The number of rotatable bonds is 5. The molecule has 0 aliphatic rings. The number of benzene rings is 1. The maximum Gasteiger partial charge on any atom is 0.182 e. The Morgan fingerprint density at radius 1 is 1.38 bits per heavy atom. The van der Waals surface area contributed by atoms with Crippen molar-refractivity contribution in [2.75, 3.05) is 19.4 Å². The topological polar surface area (TPSA) is 69.4 Å². The first kappa shape index (κ1) is 13.0. The van der Waals surface area contributed by atoms with Crippen molar-refractivity contribution >= 4 is 9.84 Å². The van der Waals surface area contributed by atoms with Crippen molar-refractivity contribution in [3.63, 3.8) is 0 Å². The molecule has 1 aromatic carbocycles. The van der Waals surface area contributed by atoms with E-state index in [4.69, 9.17) is 10.5 Å². The van der Waals surface area contributed by atoms with E-state index in [1.807, 2.05) is 6.92 Å². The normalized spacial score (nSPS) is 13.4. The highest BCUT2D eigenvalue weighted by atomic mass is 32.2. The Morgan fingerprint density at radius 2 is 2.00 bits per heavy atom. The molecule has 0 aliphatic heterocycles. The van der Waals surface area contributed by atoms with Crippen molar-refractivity contribution < 1.29 is 13.2 Å². The minimum Gasteiger partial charge on any atom is -0.495 e. The van der Waals surface area contributed by atoms with Crippen molar-refractivity contribution in [2.24, 2.45) is 11.7 Å². The van der Waals surface area contributed by atoms with Crippen LogP contribution in [0.25, 0.3) is 0 Å². The molecule has 90 valence electrons. The Morgan fingerprint density at radius 3 is 2.56 bits per heavy atom. The average molecular weight is 243 g/mol. The summed E-state index contributed by atoms with van der Waals surface area (Å²) in [7, 11) is -1.86. The highest BCUT2D eigenvalue weighted by molar-refractivity contribution is 7.91. The zero-order valence-corrected chi connectivity index (χ0v) is 10.3. The molecule has 5 heteroatoms. The van der Waals surface area contributed by atoms with Gasteiger partial charge in [-0.1, -0.05) is 19.1 Å². The van der Waals surface area contributed by atoms with Crippen molar-refractivity contribution in [3.8, 4) is 5.75 Å². The number of methoxy groups -OCH3 is 1. The summed E-state index contributed by atoms with van der Waals surface area (Å²) in [5, 5.41) is 0. The number of sulfone groups is 1. The number of nitrogens with two attached hydrogens (primary N) is 1. The maximum absolute atomic E-state index is 12.0. The fourth-order valence-corrected chi connectivity index (χ4v) is 3.22. The van der Waals surface area contributed by atoms with Gasteiger partial charge in [-0.2, -0.15) is 0 Å². The lowest BCUT2D eigenvalue weighted by Gasteiger charge is -2.12. The van der Waals surface area contributed by atoms with Gasteiger partial charge in [-0.05, 0) is 24.6 Å². The van der Waals surface area contributed by atoms with Crippen LogP contribution in [0.4, 0.5) is 0 Å². The Kier molecular flexibility index (Phi) is 4.32. The fraction of sp³-hybridized carbons (Fsp3) is 0.455. The van der Waals surface area contributed by atoms with Crippen molar-refractivity contribution in [1.29, 1.82) is 0 Å². The third kappa shape index (κ3) is 2.96. The predicted molar refractivity (Wildman–Crippen MR) is 63.3 cm³/mol. The first-order valence-corrected chi connectivity index (χ1v) is 6.72. The molecule has 0 bridgehead atoms. The molecule has 0 spiro atoms. The number of hydrogen-bond donors (Lipinski definition) is 1. The highest BCUT2D eigenvalue weighted by Crippen LogP contribution is 2.24. The fourth-order valence-electron chi connectivity index (χ4n) is 1.41. The van der Waals surface area contributed by atoms with E-state index in [-0.39, 0.29) is 16.6 Å². The van der Waals surface area contributed by atoms with Crippen LogP contribution in [0.3, 0.4) is 0 Å². The van der Waals surface area contributed by atoms with Gasteiger partial charge in [0.1, 0.15) is 10.6 Å². The van der Waals surface area contributed by atoms with Crippen LogP contribution in [0.5, 0.6) is 5.75 Å². The van der Waals surface area contributed by atoms with E-state index in [2.05, 4.69) is 0 Å². The van der Waals surface area contributed by atoms with Gasteiger partial charge >= 0.3 is 0 Å². The molecule has 1 unspecified atom stereocenters. The zero-order chi connectivity index (χ0) is 12.2. The van der Waals surface area contributed by atoms with Crippen molar-refractivity contribution in [1.82, 2.24) is 0 Å². The molecule has 0 aromatic heterocycles. The van der Waals surface area contributed by atoms with Gasteiger partial charge in [-0.3, -0.25) is 0 Å². The molecule has 1 rings (SSSR count). The molecular weight excluding hydrogens is 226 g/mol. The Bertz CT molecular complexity index is 442. The summed E-state index contributed by atoms with van der Waals surface area (Å²) in [6.07, 6.45) is 0. The lowest BCUT2D eigenvalue weighted by Crippen LogP contribution is -2.21. The lowest BCUT2D eigenvalue weighted by molar-refractivity contribution is 0.402. The summed E-state index contributed by atoms with van der Waals surface area (Å²) in [4.78, 5) is 0.234. The molecular formula is C11H17NO3S. The molecule has 0 aliphatic carbocycles. The Labute approximate surface area is 96.3 Å². The summed E-state index contributed by atoms with van der Waals surface area (Å²) in [5.74, 6) is 0.366. The van der Waals surface area contributed by atoms with E-state index in [9.17, 15) is 8.42 Å². The third-order valence-corrected chi connectivity index (χ3v) is 4.33. The predicted octanol–water partition coefficient (Wildman–Crippen LogP) is 1.06. The van der Waals surface area contributed by atoms with Gasteiger partial charge in [-0.15, -0.1) is 0 Å². The second kappa shape index (κ2) is 5.32. The molecule has 0 radical (unpaired) electrons. The standard InChI is InChI=1S/C11H17NO3S/c1-9(7-12)8-16(13,14)11-6-4-3-5-10(11)15-2/h3-6,9H,7-8,12H2,1-2H3. The summed E-state index contributed by atoms with van der Waals surface area (Å²) in [5.41, 5.74) is 5.43. The minimum atomic E-state index is -3.32. The molecule has 0 saturated heterocycles. The average Bonchev–Trinajstić information content (AvgIpc) is 2.28. The largest absolute Gasteiger partial charge is 0.495 e. The first-order valence-electron chi connectivity index (χ1n) is 5.07. The maximum atomic E-state index is 12.0. The van der Waals surface area contributed by atoms with Crippen molar-refractivity contribution in [2.45, 2.75) is 11.8 Å². The van der Waals surface area contributed by atoms with Gasteiger partial charge in [0.15, 0.2) is 9.84 Å². The lowest BCUT2D eigenvalue weighted by atomic mass is 10.2. The van der Waals surface area contributed by atoms with Gasteiger partial charge in [0, 0.05) is 0 Å². The second-order valence-corrected chi connectivity index (χ2v) is 5.78. The van der Waals surface area contributed by atoms with Gasteiger partial charge < -0.3 is 10.5 Å². The Balaban J connectivity index is 3.07. The molecule has 0 saturated carbocycles. The molecule has 2 N–H and O–H groups in total. The summed E-state index contributed by atoms with van der Waals surface area (Å²) in [6.45, 7) is 2.17. The third-order valence-electron chi connectivity index (χ3n) is 2.31. The number of hydrogen-bond acceptors (Lipinski definition) is 4. The monoisotopic (exact) mass is 243 g/mol. The Hall–Kier alpha value is -1.07. The second-order valence-electron chi connectivity index (χ2n) is 3.77. The highest BCUT2D eigenvalue weighted by Gasteiger charge is 2.21. The van der Waals surface area contributed by atoms with Crippen LogP contribution in [-0.2, 0) is 9.84 Å². The van der Waals surface area contributed by atoms with E-state index in [0.717, 1.165) is 0 Å². The van der Waals surface area contributed by atoms with Crippen LogP contribution in [0, 0.1) is 5.92 Å². The molecule has 1 aromatic rings. The van der Waals surface area contributed by atoms with Crippen LogP contribution in [0.15, 0.2) is 29.2 Å². The molecule has 0 heterocycles. The van der Waals surface area contributed by atoms with E-state index in [0.29, 0.717) is 12.3 Å². The van der Waals surface area contributed by atoms with Crippen molar-refractivity contribution in [3.05, 3.63) is 24.3 Å². The quantitative estimate of drug-likeness (QED) is 0.839. The van der Waals surface area contributed by atoms with Gasteiger partial charge in [0.25, 0.3) is 0 Å². The molecule has 4 nitrogen and oxygen atoms in total. The minimum absolute atomic E-state index is 0.0455. The van der Waals surface area contributed by atoms with Gasteiger partial charge in [-0.25, -0.2) is 8.42 Å². The van der Waals surface area contributed by atoms with E-state index in [1.54, 1.807) is 24.3 Å². The molecule has 16 heavy (non-hydrogen) atoms. The summed E-state index contributed by atoms with van der Waals surface area (Å²) in [6, 6.07) is 6.62. The first-order chi connectivity index (χ1) is 7.51.